The molecule has 1 atom stereocenters. The summed E-state index contributed by atoms with van der Waals surface area (Å²) in [6, 6.07) is 8.41. The monoisotopic (exact) mass is 506 g/mol. The normalized spacial score (nSPS) is 16.5. The third-order valence-electron chi connectivity index (χ3n) is 6.26. The quantitative estimate of drug-likeness (QED) is 0.516. The van der Waals surface area contributed by atoms with Crippen LogP contribution in [0.3, 0.4) is 0 Å². The fourth-order valence-electron chi connectivity index (χ4n) is 4.41. The summed E-state index contributed by atoms with van der Waals surface area (Å²) in [5.41, 5.74) is 1.55. The van der Waals surface area contributed by atoms with Crippen LogP contribution in [0.5, 0.6) is 23.0 Å². The fourth-order valence-corrected chi connectivity index (χ4v) is 6.02. The lowest BCUT2D eigenvalue weighted by atomic mass is 9.98. The number of amides is 1. The number of methoxy groups -OCH3 is 4. The molecule has 0 saturated carbocycles. The molecule has 0 spiro atoms. The molecule has 1 heterocycles. The summed E-state index contributed by atoms with van der Waals surface area (Å²) in [5.74, 6) is 1.59. The van der Waals surface area contributed by atoms with Gasteiger partial charge in [0.25, 0.3) is 0 Å². The van der Waals surface area contributed by atoms with Gasteiger partial charge in [0, 0.05) is 26.7 Å². The molecule has 1 aliphatic rings. The smallest absolute Gasteiger partial charge is 0.243 e. The molecule has 0 aromatic heterocycles. The highest BCUT2D eigenvalue weighted by atomic mass is 32.2. The third-order valence-corrected chi connectivity index (χ3v) is 8.12. The summed E-state index contributed by atoms with van der Waals surface area (Å²) >= 11 is 0. The van der Waals surface area contributed by atoms with Crippen molar-refractivity contribution < 1.29 is 32.2 Å². The van der Waals surface area contributed by atoms with E-state index in [0.717, 1.165) is 11.1 Å². The van der Waals surface area contributed by atoms with Crippen LogP contribution in [0.25, 0.3) is 0 Å². The van der Waals surface area contributed by atoms with E-state index >= 15 is 0 Å². The molecular formula is C25H34N2O7S. The number of aryl methyl sites for hydroxylation is 1. The van der Waals surface area contributed by atoms with Gasteiger partial charge in [-0.1, -0.05) is 0 Å². The molecule has 1 saturated heterocycles. The van der Waals surface area contributed by atoms with E-state index in [1.165, 1.54) is 25.6 Å². The van der Waals surface area contributed by atoms with Crippen LogP contribution >= 0.6 is 0 Å². The van der Waals surface area contributed by atoms with E-state index in [0.29, 0.717) is 48.9 Å². The minimum atomic E-state index is -3.73. The van der Waals surface area contributed by atoms with Crippen LogP contribution in [0.4, 0.5) is 0 Å². The molecule has 0 unspecified atom stereocenters. The van der Waals surface area contributed by atoms with E-state index in [1.807, 2.05) is 0 Å². The Morgan fingerprint density at radius 3 is 2.17 bits per heavy atom. The molecule has 1 amide bonds. The lowest BCUT2D eigenvalue weighted by Gasteiger charge is -2.33. The van der Waals surface area contributed by atoms with Crippen LogP contribution < -0.4 is 18.9 Å². The zero-order valence-corrected chi connectivity index (χ0v) is 22.0. The van der Waals surface area contributed by atoms with Crippen LogP contribution in [0.15, 0.2) is 35.2 Å². The molecule has 3 rings (SSSR count). The number of hydrogen-bond acceptors (Lipinski definition) is 7. The Labute approximate surface area is 207 Å². The molecular weight excluding hydrogens is 472 g/mol. The van der Waals surface area contributed by atoms with Crippen LogP contribution in [0, 0.1) is 12.8 Å². The standard InChI is InChI=1S/C25H34N2O7S/c1-17-12-20(9-10-21(17)31-3)35(29,30)27-11-7-8-19(16-27)25(28)26(2)15-18-13-22(32-4)24(34-6)23(14-18)33-5/h9-10,12-14,19H,7-8,11,15-16H2,1-6H3/t19-/m1/s1. The SMILES string of the molecule is COc1ccc(S(=O)(=O)N2CCC[C@@H](C(=O)N(C)Cc3cc(OC)c(OC)c(OC)c3)C2)cc1C. The highest BCUT2D eigenvalue weighted by molar-refractivity contribution is 7.89. The summed E-state index contributed by atoms with van der Waals surface area (Å²) in [4.78, 5) is 15.1. The van der Waals surface area contributed by atoms with Gasteiger partial charge in [-0.3, -0.25) is 4.79 Å². The number of sulfonamides is 1. The van der Waals surface area contributed by atoms with Gasteiger partial charge < -0.3 is 23.8 Å². The maximum Gasteiger partial charge on any atom is 0.243 e. The summed E-state index contributed by atoms with van der Waals surface area (Å²) in [6.07, 6.45) is 1.24. The Morgan fingerprint density at radius 2 is 1.63 bits per heavy atom. The zero-order valence-electron chi connectivity index (χ0n) is 21.2. The molecule has 0 aliphatic carbocycles. The summed E-state index contributed by atoms with van der Waals surface area (Å²) < 4.78 is 49.4. The second-order valence-electron chi connectivity index (χ2n) is 8.56. The maximum absolute atomic E-state index is 13.3. The molecule has 192 valence electrons. The van der Waals surface area contributed by atoms with Gasteiger partial charge in [0.05, 0.1) is 39.3 Å². The van der Waals surface area contributed by atoms with Crippen LogP contribution in [-0.2, 0) is 21.4 Å². The van der Waals surface area contributed by atoms with Crippen molar-refractivity contribution in [2.24, 2.45) is 5.92 Å². The lowest BCUT2D eigenvalue weighted by molar-refractivity contribution is -0.135. The molecule has 35 heavy (non-hydrogen) atoms. The van der Waals surface area contributed by atoms with Gasteiger partial charge in [-0.2, -0.15) is 4.31 Å². The molecule has 0 N–H and O–H groups in total. The number of nitrogens with zero attached hydrogens (tertiary/aromatic N) is 2. The molecule has 2 aromatic carbocycles. The fraction of sp³-hybridized carbons (Fsp3) is 0.480. The molecule has 0 bridgehead atoms. The van der Waals surface area contributed by atoms with Crippen molar-refractivity contribution in [3.05, 3.63) is 41.5 Å². The largest absolute Gasteiger partial charge is 0.496 e. The van der Waals surface area contributed by atoms with Crippen molar-refractivity contribution in [1.29, 1.82) is 0 Å². The van der Waals surface area contributed by atoms with Crippen molar-refractivity contribution in [2.45, 2.75) is 31.2 Å². The van der Waals surface area contributed by atoms with Gasteiger partial charge in [0.2, 0.25) is 21.7 Å². The Bertz CT molecular complexity index is 1140. The molecule has 1 aliphatic heterocycles. The predicted molar refractivity (Wildman–Crippen MR) is 132 cm³/mol. The highest BCUT2D eigenvalue weighted by Gasteiger charge is 2.34. The van der Waals surface area contributed by atoms with Gasteiger partial charge in [0.1, 0.15) is 5.75 Å². The Hall–Kier alpha value is -2.98. The average Bonchev–Trinajstić information content (AvgIpc) is 2.87. The predicted octanol–water partition coefficient (Wildman–Crippen LogP) is 3.09. The van der Waals surface area contributed by atoms with Crippen molar-refractivity contribution in [3.63, 3.8) is 0 Å². The number of piperidine rings is 1. The van der Waals surface area contributed by atoms with E-state index in [1.54, 1.807) is 56.3 Å². The first-order valence-corrected chi connectivity index (χ1v) is 12.8. The van der Waals surface area contributed by atoms with E-state index in [9.17, 15) is 13.2 Å². The molecule has 1 fully saturated rings. The topological polar surface area (TPSA) is 94.6 Å². The van der Waals surface area contributed by atoms with E-state index in [2.05, 4.69) is 0 Å². The first-order valence-electron chi connectivity index (χ1n) is 11.3. The Kier molecular flexibility index (Phi) is 8.50. The van der Waals surface area contributed by atoms with Gasteiger partial charge in [0.15, 0.2) is 11.5 Å². The highest BCUT2D eigenvalue weighted by Crippen LogP contribution is 2.38. The zero-order chi connectivity index (χ0) is 25.8. The van der Waals surface area contributed by atoms with Gasteiger partial charge >= 0.3 is 0 Å². The summed E-state index contributed by atoms with van der Waals surface area (Å²) in [7, 11) is 4.15. The number of benzene rings is 2. The van der Waals surface area contributed by atoms with Crippen molar-refractivity contribution in [2.75, 3.05) is 48.6 Å². The number of ether oxygens (including phenoxy) is 4. The number of hydrogen-bond donors (Lipinski definition) is 0. The first-order chi connectivity index (χ1) is 16.7. The van der Waals surface area contributed by atoms with E-state index < -0.39 is 15.9 Å². The Morgan fingerprint density at radius 1 is 1.00 bits per heavy atom. The maximum atomic E-state index is 13.3. The van der Waals surface area contributed by atoms with Gasteiger partial charge in [-0.05, 0) is 61.2 Å². The van der Waals surface area contributed by atoms with Crippen molar-refractivity contribution >= 4 is 15.9 Å². The number of carbonyl (C=O) groups is 1. The van der Waals surface area contributed by atoms with Crippen molar-refractivity contribution in [3.8, 4) is 23.0 Å². The van der Waals surface area contributed by atoms with Crippen molar-refractivity contribution in [1.82, 2.24) is 9.21 Å². The third kappa shape index (κ3) is 5.65. The van der Waals surface area contributed by atoms with Crippen LogP contribution in [0.1, 0.15) is 24.0 Å². The summed E-state index contributed by atoms with van der Waals surface area (Å²) in [5, 5.41) is 0. The second kappa shape index (κ2) is 11.2. The first kappa shape index (κ1) is 26.6. The lowest BCUT2D eigenvalue weighted by Crippen LogP contribution is -2.45. The second-order valence-corrected chi connectivity index (χ2v) is 10.5. The number of rotatable bonds is 9. The molecule has 9 nitrogen and oxygen atoms in total. The van der Waals surface area contributed by atoms with Gasteiger partial charge in [-0.25, -0.2) is 8.42 Å². The van der Waals surface area contributed by atoms with E-state index in [4.69, 9.17) is 18.9 Å². The molecule has 10 heteroatoms. The van der Waals surface area contributed by atoms with E-state index in [-0.39, 0.29) is 17.3 Å². The minimum absolute atomic E-state index is 0.107. The number of carbonyl (C=O) groups excluding carboxylic acids is 1. The molecule has 2 aromatic rings. The average molecular weight is 507 g/mol. The van der Waals surface area contributed by atoms with Crippen LogP contribution in [-0.4, -0.2) is 72.1 Å². The Balaban J connectivity index is 1.75. The summed E-state index contributed by atoms with van der Waals surface area (Å²) in [6.45, 7) is 2.65. The van der Waals surface area contributed by atoms with Gasteiger partial charge in [-0.15, -0.1) is 0 Å². The molecule has 0 radical (unpaired) electrons. The van der Waals surface area contributed by atoms with Crippen LogP contribution in [0.2, 0.25) is 0 Å². The minimum Gasteiger partial charge on any atom is -0.496 e.